The molecule has 2 aliphatic rings. The van der Waals surface area contributed by atoms with Crippen LogP contribution in [-0.2, 0) is 16.1 Å². The Hall–Kier alpha value is -2.28. The van der Waals surface area contributed by atoms with Crippen LogP contribution in [0, 0.1) is 5.92 Å². The Balaban J connectivity index is 1.43. The van der Waals surface area contributed by atoms with Crippen molar-refractivity contribution >= 4 is 17.7 Å². The average Bonchev–Trinajstić information content (AvgIpc) is 2.74. The molecule has 1 heterocycles. The predicted molar refractivity (Wildman–Crippen MR) is 104 cm³/mol. The third-order valence-electron chi connectivity index (χ3n) is 5.69. The van der Waals surface area contributed by atoms with Crippen LogP contribution in [0.5, 0.6) is 0 Å². The lowest BCUT2D eigenvalue weighted by Gasteiger charge is -2.37. The van der Waals surface area contributed by atoms with E-state index in [9.17, 15) is 9.59 Å². The largest absolute Gasteiger partial charge is 0.469 e. The first kappa shape index (κ1) is 19.5. The second-order valence-corrected chi connectivity index (χ2v) is 7.37. The van der Waals surface area contributed by atoms with E-state index in [0.717, 1.165) is 44.3 Å². The van der Waals surface area contributed by atoms with Gasteiger partial charge in [0.1, 0.15) is 0 Å². The lowest BCUT2D eigenvalue weighted by molar-refractivity contribution is -0.146. The quantitative estimate of drug-likeness (QED) is 0.784. The van der Waals surface area contributed by atoms with Gasteiger partial charge >= 0.3 is 12.0 Å². The summed E-state index contributed by atoms with van der Waals surface area (Å²) in [6.45, 7) is 3.62. The van der Waals surface area contributed by atoms with Gasteiger partial charge in [0.2, 0.25) is 0 Å². The number of nitrogens with two attached hydrogens (primary N) is 1. The average molecular weight is 374 g/mol. The van der Waals surface area contributed by atoms with Crippen molar-refractivity contribution in [2.24, 2.45) is 11.7 Å². The molecule has 1 saturated heterocycles. The number of carbonyl (C=O) groups is 2. The van der Waals surface area contributed by atoms with Gasteiger partial charge in [-0.2, -0.15) is 0 Å². The normalized spacial score (nSPS) is 23.0. The van der Waals surface area contributed by atoms with Crippen LogP contribution in [-0.4, -0.2) is 56.2 Å². The number of rotatable bonds is 4. The zero-order chi connectivity index (χ0) is 19.2. The number of benzene rings is 1. The molecule has 0 spiro atoms. The molecule has 7 heteroatoms. The van der Waals surface area contributed by atoms with Crippen molar-refractivity contribution in [3.63, 3.8) is 0 Å². The first-order chi connectivity index (χ1) is 13.1. The number of ether oxygens (including phenoxy) is 1. The number of methoxy groups -OCH3 is 1. The number of nitrogens with one attached hydrogen (secondary N) is 1. The van der Waals surface area contributed by atoms with Gasteiger partial charge in [0, 0.05) is 44.5 Å². The highest BCUT2D eigenvalue weighted by Crippen LogP contribution is 2.25. The summed E-state index contributed by atoms with van der Waals surface area (Å²) < 4.78 is 4.82. The molecule has 3 N–H and O–H groups in total. The van der Waals surface area contributed by atoms with E-state index >= 15 is 0 Å². The van der Waals surface area contributed by atoms with Crippen LogP contribution in [0.15, 0.2) is 24.3 Å². The molecule has 0 unspecified atom stereocenters. The van der Waals surface area contributed by atoms with Crippen LogP contribution < -0.4 is 16.0 Å². The number of urea groups is 1. The molecule has 1 aromatic carbocycles. The maximum Gasteiger partial charge on any atom is 0.317 e. The van der Waals surface area contributed by atoms with E-state index in [1.54, 1.807) is 0 Å². The number of nitrogens with zero attached hydrogens (tertiary/aromatic N) is 2. The van der Waals surface area contributed by atoms with Crippen LogP contribution in [0.4, 0.5) is 10.5 Å². The molecule has 148 valence electrons. The minimum absolute atomic E-state index is 0.00893. The Bertz CT molecular complexity index is 633. The topological polar surface area (TPSA) is 87.9 Å². The predicted octanol–water partition coefficient (Wildman–Crippen LogP) is 1.71. The minimum atomic E-state index is -0.129. The van der Waals surface area contributed by atoms with Crippen molar-refractivity contribution in [3.05, 3.63) is 29.8 Å². The summed E-state index contributed by atoms with van der Waals surface area (Å²) in [6.07, 6.45) is 3.23. The summed E-state index contributed by atoms with van der Waals surface area (Å²) >= 11 is 0. The first-order valence-electron chi connectivity index (χ1n) is 9.78. The van der Waals surface area contributed by atoms with E-state index in [0.29, 0.717) is 19.6 Å². The third-order valence-corrected chi connectivity index (χ3v) is 5.69. The molecular weight excluding hydrogens is 344 g/mol. The standard InChI is InChI=1S/C20H30N4O3/c1-27-19(25)16-4-6-17(7-5-16)22-20(26)24-12-10-23(11-13-24)18-8-2-15(14-21)3-9-18/h2-3,8-9,16-17H,4-7,10-14,21H2,1H3,(H,22,26). The van der Waals surface area contributed by atoms with Gasteiger partial charge in [0.15, 0.2) is 0 Å². The van der Waals surface area contributed by atoms with Crippen molar-refractivity contribution < 1.29 is 14.3 Å². The monoisotopic (exact) mass is 374 g/mol. The second-order valence-electron chi connectivity index (χ2n) is 7.37. The minimum Gasteiger partial charge on any atom is -0.469 e. The maximum absolute atomic E-state index is 12.6. The number of carbonyl (C=O) groups excluding carboxylic acids is 2. The van der Waals surface area contributed by atoms with Crippen LogP contribution >= 0.6 is 0 Å². The molecule has 2 amide bonds. The van der Waals surface area contributed by atoms with E-state index < -0.39 is 0 Å². The van der Waals surface area contributed by atoms with Crippen LogP contribution in [0.25, 0.3) is 0 Å². The molecule has 3 rings (SSSR count). The smallest absolute Gasteiger partial charge is 0.317 e. The molecule has 0 bridgehead atoms. The summed E-state index contributed by atoms with van der Waals surface area (Å²) in [6, 6.07) is 8.46. The van der Waals surface area contributed by atoms with Crippen molar-refractivity contribution in [1.82, 2.24) is 10.2 Å². The fourth-order valence-electron chi connectivity index (χ4n) is 3.92. The Morgan fingerprint density at radius 2 is 1.70 bits per heavy atom. The lowest BCUT2D eigenvalue weighted by Crippen LogP contribution is -2.54. The highest BCUT2D eigenvalue weighted by atomic mass is 16.5. The van der Waals surface area contributed by atoms with Gasteiger partial charge in [-0.3, -0.25) is 4.79 Å². The van der Waals surface area contributed by atoms with Crippen molar-refractivity contribution in [1.29, 1.82) is 0 Å². The molecule has 2 fully saturated rings. The fourth-order valence-corrected chi connectivity index (χ4v) is 3.92. The number of amides is 2. The van der Waals surface area contributed by atoms with Crippen molar-refractivity contribution in [2.45, 2.75) is 38.3 Å². The molecule has 1 aliphatic heterocycles. The fraction of sp³-hybridized carbons (Fsp3) is 0.600. The second kappa shape index (κ2) is 9.08. The van der Waals surface area contributed by atoms with Gasteiger partial charge < -0.3 is 25.6 Å². The number of anilines is 1. The Morgan fingerprint density at radius 1 is 1.07 bits per heavy atom. The molecule has 1 saturated carbocycles. The van der Waals surface area contributed by atoms with Gasteiger partial charge in [-0.1, -0.05) is 12.1 Å². The zero-order valence-corrected chi connectivity index (χ0v) is 16.0. The summed E-state index contributed by atoms with van der Waals surface area (Å²) in [5, 5.41) is 3.14. The van der Waals surface area contributed by atoms with Gasteiger partial charge in [0.25, 0.3) is 0 Å². The first-order valence-corrected chi connectivity index (χ1v) is 9.78. The summed E-state index contributed by atoms with van der Waals surface area (Å²) in [5.41, 5.74) is 7.95. The number of esters is 1. The van der Waals surface area contributed by atoms with Crippen molar-refractivity contribution in [2.75, 3.05) is 38.2 Å². The van der Waals surface area contributed by atoms with Crippen molar-refractivity contribution in [3.8, 4) is 0 Å². The molecule has 0 radical (unpaired) electrons. The molecule has 1 aromatic rings. The summed E-state index contributed by atoms with van der Waals surface area (Å²) in [7, 11) is 1.43. The maximum atomic E-state index is 12.6. The molecular formula is C20H30N4O3. The SMILES string of the molecule is COC(=O)C1CCC(NC(=O)N2CCN(c3ccc(CN)cc3)CC2)CC1. The highest BCUT2D eigenvalue weighted by Gasteiger charge is 2.29. The number of piperazine rings is 1. The van der Waals surface area contributed by atoms with Gasteiger partial charge in [-0.15, -0.1) is 0 Å². The van der Waals surface area contributed by atoms with Crippen LogP contribution in [0.1, 0.15) is 31.2 Å². The molecule has 1 aliphatic carbocycles. The summed E-state index contributed by atoms with van der Waals surface area (Å²) in [5.74, 6) is -0.146. The van der Waals surface area contributed by atoms with E-state index in [1.165, 1.54) is 12.8 Å². The molecule has 7 nitrogen and oxygen atoms in total. The Kier molecular flexibility index (Phi) is 6.55. The van der Waals surface area contributed by atoms with Crippen LogP contribution in [0.3, 0.4) is 0 Å². The number of hydrogen-bond donors (Lipinski definition) is 2. The lowest BCUT2D eigenvalue weighted by atomic mass is 9.86. The van der Waals surface area contributed by atoms with E-state index in [-0.39, 0.29) is 24.0 Å². The van der Waals surface area contributed by atoms with Gasteiger partial charge in [-0.05, 0) is 43.4 Å². The zero-order valence-electron chi connectivity index (χ0n) is 16.0. The summed E-state index contributed by atoms with van der Waals surface area (Å²) in [4.78, 5) is 28.3. The number of hydrogen-bond acceptors (Lipinski definition) is 5. The highest BCUT2D eigenvalue weighted by molar-refractivity contribution is 5.75. The van der Waals surface area contributed by atoms with Crippen LogP contribution in [0.2, 0.25) is 0 Å². The molecule has 0 atom stereocenters. The van der Waals surface area contributed by atoms with Gasteiger partial charge in [0.05, 0.1) is 13.0 Å². The Labute approximate surface area is 160 Å². The molecule has 0 aromatic heterocycles. The van der Waals surface area contributed by atoms with E-state index in [2.05, 4.69) is 34.5 Å². The van der Waals surface area contributed by atoms with E-state index in [1.807, 2.05) is 4.90 Å². The van der Waals surface area contributed by atoms with Gasteiger partial charge in [-0.25, -0.2) is 4.79 Å². The third kappa shape index (κ3) is 4.91. The van der Waals surface area contributed by atoms with E-state index in [4.69, 9.17) is 10.5 Å². The Morgan fingerprint density at radius 3 is 2.26 bits per heavy atom. The molecule has 27 heavy (non-hydrogen) atoms.